The lowest BCUT2D eigenvalue weighted by Crippen LogP contribution is -2.12. The Morgan fingerprint density at radius 3 is 2.20 bits per heavy atom. The number of carbonyl (C=O) groups is 2. The molecule has 4 aromatic carbocycles. The van der Waals surface area contributed by atoms with Crippen molar-refractivity contribution in [3.05, 3.63) is 114 Å². The van der Waals surface area contributed by atoms with Crippen LogP contribution >= 0.6 is 0 Å². The minimum absolute atomic E-state index is 0.141. The van der Waals surface area contributed by atoms with Crippen LogP contribution in [0.4, 0.5) is 0 Å². The summed E-state index contributed by atoms with van der Waals surface area (Å²) in [6, 6.07) is 29.9. The zero-order valence-corrected chi connectivity index (χ0v) is 22.0. The fraction of sp³-hybridized carbons (Fsp3) is 0.0909. The Kier molecular flexibility index (Phi) is 6.32. The van der Waals surface area contributed by atoms with Crippen molar-refractivity contribution < 1.29 is 19.4 Å². The zero-order valence-electron chi connectivity index (χ0n) is 22.0. The lowest BCUT2D eigenvalue weighted by Gasteiger charge is -2.18. The number of rotatable bonds is 6. The number of para-hydroxylation sites is 1. The summed E-state index contributed by atoms with van der Waals surface area (Å²) in [5.41, 5.74) is 4.72. The van der Waals surface area contributed by atoms with E-state index in [0.717, 1.165) is 16.6 Å². The van der Waals surface area contributed by atoms with Crippen molar-refractivity contribution in [1.82, 2.24) is 14.8 Å². The monoisotopic (exact) mass is 527 g/mol. The molecule has 2 heterocycles. The average molecular weight is 528 g/mol. The predicted molar refractivity (Wildman–Crippen MR) is 155 cm³/mol. The number of hydrogen-bond donors (Lipinski definition) is 1. The number of nitrogens with zero attached hydrogens (tertiary/aromatic N) is 3. The molecule has 0 aliphatic rings. The van der Waals surface area contributed by atoms with Gasteiger partial charge >= 0.3 is 11.9 Å². The van der Waals surface area contributed by atoms with E-state index in [1.165, 1.54) is 0 Å². The van der Waals surface area contributed by atoms with Crippen LogP contribution in [0.2, 0.25) is 0 Å². The van der Waals surface area contributed by atoms with Crippen molar-refractivity contribution in [1.29, 1.82) is 0 Å². The number of ether oxygens (including phenoxy) is 1. The molecule has 0 saturated carbocycles. The molecule has 0 radical (unpaired) electrons. The van der Waals surface area contributed by atoms with Crippen LogP contribution in [0.1, 0.15) is 33.3 Å². The number of aryl methyl sites for hydroxylation is 1. The highest BCUT2D eigenvalue weighted by atomic mass is 16.5. The largest absolute Gasteiger partial charge is 0.478 e. The number of aromatic nitrogens is 3. The maximum Gasteiger partial charge on any atom is 0.341 e. The van der Waals surface area contributed by atoms with Crippen LogP contribution < -0.4 is 0 Å². The molecule has 1 N–H and O–H groups in total. The first kappa shape index (κ1) is 25.0. The standard InChI is InChI=1S/C33H25N3O4/c1-3-40-33(39)29-28(24-18-10-14-21-15-11-19-25(27(21)24)32(37)38)26-20(2)35-36(23-16-8-5-9-17-23)31(26)34-30(29)22-12-6-4-7-13-22/h4-19H,3H2,1-2H3,(H,37,38). The van der Waals surface area contributed by atoms with Gasteiger partial charge in [-0.1, -0.05) is 78.9 Å². The molecule has 196 valence electrons. The zero-order chi connectivity index (χ0) is 27.8. The number of aromatic carboxylic acids is 1. The van der Waals surface area contributed by atoms with Gasteiger partial charge in [0.15, 0.2) is 5.65 Å². The first-order valence-electron chi connectivity index (χ1n) is 13.0. The first-order valence-corrected chi connectivity index (χ1v) is 13.0. The Morgan fingerprint density at radius 1 is 0.850 bits per heavy atom. The molecule has 2 aromatic heterocycles. The average Bonchev–Trinajstić information content (AvgIpc) is 3.32. The van der Waals surface area contributed by atoms with E-state index in [4.69, 9.17) is 14.8 Å². The Labute approximate surface area is 230 Å². The summed E-state index contributed by atoms with van der Waals surface area (Å²) in [5.74, 6) is -1.59. The van der Waals surface area contributed by atoms with Gasteiger partial charge in [0.05, 0.1) is 40.2 Å². The molecule has 0 bridgehead atoms. The normalized spacial score (nSPS) is 11.2. The number of benzene rings is 4. The fourth-order valence-corrected chi connectivity index (χ4v) is 5.27. The molecular formula is C33H25N3O4. The van der Waals surface area contributed by atoms with Gasteiger partial charge in [-0.15, -0.1) is 0 Å². The van der Waals surface area contributed by atoms with E-state index in [9.17, 15) is 14.7 Å². The van der Waals surface area contributed by atoms with Crippen molar-refractivity contribution in [3.8, 4) is 28.1 Å². The van der Waals surface area contributed by atoms with Gasteiger partial charge in [0, 0.05) is 16.5 Å². The Hall–Kier alpha value is -5.30. The summed E-state index contributed by atoms with van der Waals surface area (Å²) < 4.78 is 7.36. The number of fused-ring (bicyclic) bond motifs is 2. The van der Waals surface area contributed by atoms with Crippen molar-refractivity contribution in [2.75, 3.05) is 6.61 Å². The number of carboxylic acid groups (broad SMARTS) is 1. The number of carboxylic acids is 1. The SMILES string of the molecule is CCOC(=O)c1c(-c2ccccc2)nc2c(c(C)nn2-c2ccccc2)c1-c1cccc2cccc(C(=O)O)c12. The summed E-state index contributed by atoms with van der Waals surface area (Å²) in [7, 11) is 0. The molecule has 0 saturated heterocycles. The maximum absolute atomic E-state index is 13.8. The van der Waals surface area contributed by atoms with Crippen LogP contribution in [0.25, 0.3) is 49.9 Å². The minimum atomic E-state index is -1.05. The van der Waals surface area contributed by atoms with Crippen molar-refractivity contribution in [2.45, 2.75) is 13.8 Å². The highest BCUT2D eigenvalue weighted by Crippen LogP contribution is 2.43. The number of hydrogen-bond acceptors (Lipinski definition) is 5. The number of carbonyl (C=O) groups excluding carboxylic acids is 1. The summed E-state index contributed by atoms with van der Waals surface area (Å²) in [4.78, 5) is 31.3. The smallest absolute Gasteiger partial charge is 0.341 e. The van der Waals surface area contributed by atoms with E-state index in [1.807, 2.05) is 91.9 Å². The second kappa shape index (κ2) is 10.1. The molecule has 40 heavy (non-hydrogen) atoms. The molecule has 0 fully saturated rings. The van der Waals surface area contributed by atoms with Gasteiger partial charge in [-0.05, 0) is 43.0 Å². The van der Waals surface area contributed by atoms with E-state index in [1.54, 1.807) is 23.7 Å². The maximum atomic E-state index is 13.8. The van der Waals surface area contributed by atoms with Crippen molar-refractivity contribution >= 4 is 33.7 Å². The summed E-state index contributed by atoms with van der Waals surface area (Å²) in [5, 5.41) is 16.9. The lowest BCUT2D eigenvalue weighted by atomic mass is 9.88. The summed E-state index contributed by atoms with van der Waals surface area (Å²) in [6.45, 7) is 3.79. The molecule has 7 nitrogen and oxygen atoms in total. The van der Waals surface area contributed by atoms with E-state index in [-0.39, 0.29) is 17.7 Å². The molecule has 0 aliphatic carbocycles. The third kappa shape index (κ3) is 4.08. The van der Waals surface area contributed by atoms with Gasteiger partial charge in [0.2, 0.25) is 0 Å². The van der Waals surface area contributed by atoms with Gasteiger partial charge in [0.1, 0.15) is 0 Å². The van der Waals surface area contributed by atoms with Crippen LogP contribution in [-0.4, -0.2) is 38.4 Å². The lowest BCUT2D eigenvalue weighted by molar-refractivity contribution is 0.0527. The van der Waals surface area contributed by atoms with Crippen molar-refractivity contribution in [2.24, 2.45) is 0 Å². The van der Waals surface area contributed by atoms with Crippen molar-refractivity contribution in [3.63, 3.8) is 0 Å². The summed E-state index contributed by atoms with van der Waals surface area (Å²) in [6.07, 6.45) is 0. The Balaban J connectivity index is 1.86. The van der Waals surface area contributed by atoms with Gasteiger partial charge in [0.25, 0.3) is 0 Å². The minimum Gasteiger partial charge on any atom is -0.478 e. The molecule has 7 heteroatoms. The second-order valence-electron chi connectivity index (χ2n) is 9.34. The van der Waals surface area contributed by atoms with Gasteiger partial charge in [-0.2, -0.15) is 5.10 Å². The number of pyridine rings is 1. The van der Waals surface area contributed by atoms with Gasteiger partial charge in [-0.3, -0.25) is 0 Å². The fourth-order valence-electron chi connectivity index (χ4n) is 5.27. The molecule has 0 amide bonds. The Bertz CT molecular complexity index is 1910. The van der Waals surface area contributed by atoms with Crippen LogP contribution in [0.15, 0.2) is 97.1 Å². The molecule has 6 rings (SSSR count). The Morgan fingerprint density at radius 2 is 1.52 bits per heavy atom. The van der Waals surface area contributed by atoms with E-state index in [2.05, 4.69) is 0 Å². The highest BCUT2D eigenvalue weighted by Gasteiger charge is 2.29. The quantitative estimate of drug-likeness (QED) is 0.232. The molecule has 0 aliphatic heterocycles. The second-order valence-corrected chi connectivity index (χ2v) is 9.34. The third-order valence-electron chi connectivity index (χ3n) is 6.92. The molecule has 0 unspecified atom stereocenters. The molecule has 6 aromatic rings. The number of esters is 1. The molecule has 0 atom stereocenters. The first-order chi connectivity index (χ1) is 19.5. The predicted octanol–water partition coefficient (Wildman–Crippen LogP) is 7.09. The van der Waals surface area contributed by atoms with Gasteiger partial charge in [-0.25, -0.2) is 19.3 Å². The van der Waals surface area contributed by atoms with E-state index < -0.39 is 11.9 Å². The van der Waals surface area contributed by atoms with E-state index >= 15 is 0 Å². The van der Waals surface area contributed by atoms with Crippen LogP contribution in [0.3, 0.4) is 0 Å². The van der Waals surface area contributed by atoms with Gasteiger partial charge < -0.3 is 9.84 Å². The topological polar surface area (TPSA) is 94.3 Å². The van der Waals surface area contributed by atoms with E-state index in [0.29, 0.717) is 38.9 Å². The van der Waals surface area contributed by atoms with Crippen LogP contribution in [-0.2, 0) is 4.74 Å². The molecular weight excluding hydrogens is 502 g/mol. The third-order valence-corrected chi connectivity index (χ3v) is 6.92. The van der Waals surface area contributed by atoms with Crippen LogP contribution in [0, 0.1) is 6.92 Å². The van der Waals surface area contributed by atoms with Crippen LogP contribution in [0.5, 0.6) is 0 Å². The summed E-state index contributed by atoms with van der Waals surface area (Å²) >= 11 is 0. The highest BCUT2D eigenvalue weighted by molar-refractivity contribution is 6.18. The molecule has 0 spiro atoms.